The van der Waals surface area contributed by atoms with E-state index in [9.17, 15) is 4.79 Å². The molecule has 0 aromatic rings. The van der Waals surface area contributed by atoms with Crippen LogP contribution in [0.25, 0.3) is 0 Å². The standard InChI is InChI=1S/C7H13NO2.C2H6/c1-5-3-6(8-4-5)7(9)10-2;1-2/h5-6,8H,3-4H2,1-2H3;1-2H3. The van der Waals surface area contributed by atoms with Gasteiger partial charge in [0.15, 0.2) is 0 Å². The number of esters is 1. The average Bonchev–Trinajstić information content (AvgIpc) is 2.54. The third kappa shape index (κ3) is 3.22. The second-order valence-corrected chi connectivity index (χ2v) is 2.82. The number of ether oxygens (including phenoxy) is 1. The van der Waals surface area contributed by atoms with Gasteiger partial charge in [-0.2, -0.15) is 0 Å². The lowest BCUT2D eigenvalue weighted by molar-refractivity contribution is -0.142. The normalized spacial score (nSPS) is 27.3. The van der Waals surface area contributed by atoms with E-state index in [0.29, 0.717) is 5.92 Å². The fourth-order valence-corrected chi connectivity index (χ4v) is 1.23. The van der Waals surface area contributed by atoms with Gasteiger partial charge in [-0.05, 0) is 18.9 Å². The predicted molar refractivity (Wildman–Crippen MR) is 48.9 cm³/mol. The van der Waals surface area contributed by atoms with Crippen LogP contribution in [0.15, 0.2) is 0 Å². The summed E-state index contributed by atoms with van der Waals surface area (Å²) in [5.74, 6) is 0.466. The molecule has 0 aromatic heterocycles. The van der Waals surface area contributed by atoms with Gasteiger partial charge in [-0.15, -0.1) is 0 Å². The van der Waals surface area contributed by atoms with Crippen LogP contribution in [0.5, 0.6) is 0 Å². The van der Waals surface area contributed by atoms with Crippen molar-refractivity contribution in [1.29, 1.82) is 0 Å². The maximum atomic E-state index is 10.9. The number of rotatable bonds is 1. The van der Waals surface area contributed by atoms with Gasteiger partial charge in [0.2, 0.25) is 0 Å². The number of nitrogens with one attached hydrogen (secondary N) is 1. The minimum Gasteiger partial charge on any atom is -0.468 e. The first-order valence-electron chi connectivity index (χ1n) is 4.55. The first-order chi connectivity index (χ1) is 5.74. The van der Waals surface area contributed by atoms with E-state index in [-0.39, 0.29) is 12.0 Å². The molecule has 0 amide bonds. The molecule has 0 spiro atoms. The lowest BCUT2D eigenvalue weighted by atomic mass is 10.1. The molecular weight excluding hydrogens is 154 g/mol. The quantitative estimate of drug-likeness (QED) is 0.605. The Bertz CT molecular complexity index is 136. The predicted octanol–water partition coefficient (Wildman–Crippen LogP) is 1.18. The van der Waals surface area contributed by atoms with Gasteiger partial charge in [-0.1, -0.05) is 20.8 Å². The fourth-order valence-electron chi connectivity index (χ4n) is 1.23. The van der Waals surface area contributed by atoms with Crippen molar-refractivity contribution in [3.05, 3.63) is 0 Å². The zero-order chi connectivity index (χ0) is 9.56. The summed E-state index contributed by atoms with van der Waals surface area (Å²) in [5, 5.41) is 3.08. The molecule has 12 heavy (non-hydrogen) atoms. The Morgan fingerprint density at radius 1 is 1.50 bits per heavy atom. The van der Waals surface area contributed by atoms with Crippen LogP contribution in [0.4, 0.5) is 0 Å². The van der Waals surface area contributed by atoms with E-state index in [1.54, 1.807) is 0 Å². The van der Waals surface area contributed by atoms with Gasteiger partial charge < -0.3 is 10.1 Å². The maximum Gasteiger partial charge on any atom is 0.322 e. The summed E-state index contributed by atoms with van der Waals surface area (Å²) >= 11 is 0. The Hall–Kier alpha value is -0.570. The summed E-state index contributed by atoms with van der Waals surface area (Å²) in [4.78, 5) is 10.9. The van der Waals surface area contributed by atoms with Gasteiger partial charge >= 0.3 is 5.97 Å². The molecular formula is C9H19NO2. The van der Waals surface area contributed by atoms with E-state index in [4.69, 9.17) is 0 Å². The van der Waals surface area contributed by atoms with Crippen LogP contribution < -0.4 is 5.32 Å². The zero-order valence-electron chi connectivity index (χ0n) is 8.39. The largest absolute Gasteiger partial charge is 0.468 e. The molecule has 1 saturated heterocycles. The summed E-state index contributed by atoms with van der Waals surface area (Å²) in [6.45, 7) is 7.05. The molecule has 1 fully saturated rings. The topological polar surface area (TPSA) is 38.3 Å². The van der Waals surface area contributed by atoms with E-state index in [1.165, 1.54) is 7.11 Å². The molecule has 0 bridgehead atoms. The highest BCUT2D eigenvalue weighted by atomic mass is 16.5. The van der Waals surface area contributed by atoms with E-state index in [2.05, 4.69) is 17.0 Å². The number of carbonyl (C=O) groups excluding carboxylic acids is 1. The van der Waals surface area contributed by atoms with E-state index < -0.39 is 0 Å². The summed E-state index contributed by atoms with van der Waals surface area (Å²) < 4.78 is 4.58. The van der Waals surface area contributed by atoms with Crippen molar-refractivity contribution >= 4 is 5.97 Å². The maximum absolute atomic E-state index is 10.9. The molecule has 0 aliphatic carbocycles. The van der Waals surface area contributed by atoms with E-state index >= 15 is 0 Å². The lowest BCUT2D eigenvalue weighted by Crippen LogP contribution is -2.31. The molecule has 1 rings (SSSR count). The Kier molecular flexibility index (Phi) is 5.72. The minimum absolute atomic E-state index is 0.0556. The SMILES string of the molecule is CC.COC(=O)C1CC(C)CN1. The summed E-state index contributed by atoms with van der Waals surface area (Å²) in [6.07, 6.45) is 0.909. The monoisotopic (exact) mass is 173 g/mol. The van der Waals surface area contributed by atoms with Crippen molar-refractivity contribution in [2.24, 2.45) is 5.92 Å². The molecule has 1 heterocycles. The molecule has 1 aliphatic rings. The summed E-state index contributed by atoms with van der Waals surface area (Å²) in [7, 11) is 1.42. The third-order valence-electron chi connectivity index (χ3n) is 1.84. The van der Waals surface area contributed by atoms with Gasteiger partial charge in [-0.25, -0.2) is 0 Å². The van der Waals surface area contributed by atoms with Crippen molar-refractivity contribution in [2.75, 3.05) is 13.7 Å². The van der Waals surface area contributed by atoms with Crippen LogP contribution in [-0.4, -0.2) is 25.7 Å². The van der Waals surface area contributed by atoms with Crippen LogP contribution in [-0.2, 0) is 9.53 Å². The number of carbonyl (C=O) groups is 1. The van der Waals surface area contributed by atoms with Gasteiger partial charge in [0.05, 0.1) is 7.11 Å². The Labute approximate surface area is 74.5 Å². The molecule has 2 atom stereocenters. The molecule has 1 aliphatic heterocycles. The first-order valence-corrected chi connectivity index (χ1v) is 4.55. The highest BCUT2D eigenvalue weighted by Crippen LogP contribution is 2.13. The van der Waals surface area contributed by atoms with E-state index in [1.807, 2.05) is 13.8 Å². The van der Waals surface area contributed by atoms with Crippen LogP contribution in [0.3, 0.4) is 0 Å². The molecule has 0 aromatic carbocycles. The van der Waals surface area contributed by atoms with Crippen molar-refractivity contribution < 1.29 is 9.53 Å². The van der Waals surface area contributed by atoms with Gasteiger partial charge in [-0.3, -0.25) is 4.79 Å². The third-order valence-corrected chi connectivity index (χ3v) is 1.84. The molecule has 72 valence electrons. The molecule has 0 saturated carbocycles. The van der Waals surface area contributed by atoms with Crippen molar-refractivity contribution in [2.45, 2.75) is 33.2 Å². The minimum atomic E-state index is -0.135. The van der Waals surface area contributed by atoms with Crippen LogP contribution in [0.2, 0.25) is 0 Å². The lowest BCUT2D eigenvalue weighted by Gasteiger charge is -2.05. The highest BCUT2D eigenvalue weighted by Gasteiger charge is 2.26. The van der Waals surface area contributed by atoms with Crippen molar-refractivity contribution in [3.63, 3.8) is 0 Å². The molecule has 3 heteroatoms. The fraction of sp³-hybridized carbons (Fsp3) is 0.889. The Morgan fingerprint density at radius 3 is 2.42 bits per heavy atom. The molecule has 1 N–H and O–H groups in total. The molecule has 3 nitrogen and oxygen atoms in total. The zero-order valence-corrected chi connectivity index (χ0v) is 8.39. The van der Waals surface area contributed by atoms with E-state index in [0.717, 1.165) is 13.0 Å². The van der Waals surface area contributed by atoms with Crippen molar-refractivity contribution in [3.8, 4) is 0 Å². The van der Waals surface area contributed by atoms with Gasteiger partial charge in [0.1, 0.15) is 6.04 Å². The average molecular weight is 173 g/mol. The van der Waals surface area contributed by atoms with Crippen molar-refractivity contribution in [1.82, 2.24) is 5.32 Å². The van der Waals surface area contributed by atoms with Gasteiger partial charge in [0.25, 0.3) is 0 Å². The number of hydrogen-bond donors (Lipinski definition) is 1. The smallest absolute Gasteiger partial charge is 0.322 e. The Morgan fingerprint density at radius 2 is 2.08 bits per heavy atom. The van der Waals surface area contributed by atoms with Crippen LogP contribution in [0, 0.1) is 5.92 Å². The summed E-state index contributed by atoms with van der Waals surface area (Å²) in [6, 6.07) is -0.0556. The number of hydrogen-bond acceptors (Lipinski definition) is 3. The highest BCUT2D eigenvalue weighted by molar-refractivity contribution is 5.75. The Balaban J connectivity index is 0.000000561. The van der Waals surface area contributed by atoms with Crippen LogP contribution >= 0.6 is 0 Å². The second-order valence-electron chi connectivity index (χ2n) is 2.82. The first kappa shape index (κ1) is 11.4. The molecule has 2 unspecified atom stereocenters. The second kappa shape index (κ2) is 6.00. The number of methoxy groups -OCH3 is 1. The molecule has 0 radical (unpaired) electrons. The summed E-state index contributed by atoms with van der Waals surface area (Å²) in [5.41, 5.74) is 0. The van der Waals surface area contributed by atoms with Gasteiger partial charge in [0, 0.05) is 0 Å². The van der Waals surface area contributed by atoms with Crippen LogP contribution in [0.1, 0.15) is 27.2 Å².